The smallest absolute Gasteiger partial charge is 0.265 e. The maximum absolute atomic E-state index is 12.6. The Bertz CT molecular complexity index is 704. The molecule has 22 heavy (non-hydrogen) atoms. The van der Waals surface area contributed by atoms with E-state index in [4.69, 9.17) is 4.98 Å². The second-order valence-electron chi connectivity index (χ2n) is 5.96. The normalized spacial score (nSPS) is 17.4. The highest BCUT2D eigenvalue weighted by atomic mass is 32.1. The van der Waals surface area contributed by atoms with Gasteiger partial charge in [-0.25, -0.2) is 9.97 Å². The molecular weight excluding hydrogens is 314 g/mol. The summed E-state index contributed by atoms with van der Waals surface area (Å²) in [6.45, 7) is 6.66. The minimum atomic E-state index is 0.0853. The van der Waals surface area contributed by atoms with Crippen LogP contribution < -0.4 is 0 Å². The van der Waals surface area contributed by atoms with E-state index in [1.54, 1.807) is 0 Å². The summed E-state index contributed by atoms with van der Waals surface area (Å²) >= 11 is 3.30. The lowest BCUT2D eigenvalue weighted by Gasteiger charge is -2.26. The van der Waals surface area contributed by atoms with Crippen LogP contribution in [-0.2, 0) is 6.42 Å². The Hall–Kier alpha value is -1.27. The number of thiazole rings is 2. The first-order valence-electron chi connectivity index (χ1n) is 7.61. The van der Waals surface area contributed by atoms with Crippen LogP contribution in [0.15, 0.2) is 0 Å². The van der Waals surface area contributed by atoms with E-state index in [9.17, 15) is 4.79 Å². The van der Waals surface area contributed by atoms with Gasteiger partial charge in [-0.3, -0.25) is 4.79 Å². The van der Waals surface area contributed by atoms with Crippen molar-refractivity contribution in [1.29, 1.82) is 0 Å². The largest absolute Gasteiger partial charge is 0.340 e. The van der Waals surface area contributed by atoms with Gasteiger partial charge in [0.05, 0.1) is 21.4 Å². The molecule has 4 nitrogen and oxygen atoms in total. The number of fused-ring (bicyclic) bond motifs is 1. The number of hydrogen-bond donors (Lipinski definition) is 0. The second kappa shape index (κ2) is 6.08. The van der Waals surface area contributed by atoms with E-state index in [0.717, 1.165) is 40.0 Å². The molecule has 1 amide bonds. The molecule has 0 bridgehead atoms. The van der Waals surface area contributed by atoms with Crippen molar-refractivity contribution in [3.8, 4) is 0 Å². The Kier molecular flexibility index (Phi) is 4.32. The van der Waals surface area contributed by atoms with Crippen LogP contribution in [0.1, 0.15) is 54.7 Å². The fraction of sp³-hybridized carbons (Fsp3) is 0.562. The van der Waals surface area contributed by atoms with Crippen LogP contribution in [0.4, 0.5) is 0 Å². The van der Waals surface area contributed by atoms with Crippen LogP contribution in [0.3, 0.4) is 0 Å². The Morgan fingerprint density at radius 1 is 1.23 bits per heavy atom. The van der Waals surface area contributed by atoms with Gasteiger partial charge in [-0.1, -0.05) is 0 Å². The molecule has 6 heteroatoms. The number of nitrogens with zero attached hydrogens (tertiary/aromatic N) is 3. The summed E-state index contributed by atoms with van der Waals surface area (Å²) in [6, 6.07) is 0. The van der Waals surface area contributed by atoms with Gasteiger partial charge < -0.3 is 4.90 Å². The Balaban J connectivity index is 1.76. The van der Waals surface area contributed by atoms with Crippen molar-refractivity contribution in [2.75, 3.05) is 13.6 Å². The first-order valence-corrected chi connectivity index (χ1v) is 9.24. The molecule has 0 spiro atoms. The fourth-order valence-corrected chi connectivity index (χ4v) is 5.10. The van der Waals surface area contributed by atoms with Crippen LogP contribution in [0, 0.1) is 20.8 Å². The molecule has 1 aliphatic rings. The first kappa shape index (κ1) is 15.6. The maximum atomic E-state index is 12.6. The molecule has 0 radical (unpaired) electrons. The fourth-order valence-electron chi connectivity index (χ4n) is 3.12. The van der Waals surface area contributed by atoms with Crippen molar-refractivity contribution in [2.24, 2.45) is 0 Å². The molecule has 0 saturated carbocycles. The zero-order valence-corrected chi connectivity index (χ0v) is 15.1. The molecule has 3 rings (SSSR count). The van der Waals surface area contributed by atoms with E-state index >= 15 is 0 Å². The number of likely N-dealkylation sites (N-methyl/N-ethyl adjacent to an activating group) is 1. The van der Waals surface area contributed by atoms with Crippen molar-refractivity contribution in [1.82, 2.24) is 14.9 Å². The molecule has 0 fully saturated rings. The average molecular weight is 335 g/mol. The summed E-state index contributed by atoms with van der Waals surface area (Å²) in [5.41, 5.74) is 2.07. The maximum Gasteiger partial charge on any atom is 0.265 e. The molecule has 1 unspecified atom stereocenters. The van der Waals surface area contributed by atoms with Crippen molar-refractivity contribution in [2.45, 2.75) is 46.0 Å². The molecule has 0 aliphatic heterocycles. The molecular formula is C16H21N3OS2. The lowest BCUT2D eigenvalue weighted by atomic mass is 9.90. The topological polar surface area (TPSA) is 46.1 Å². The molecule has 2 aromatic rings. The van der Waals surface area contributed by atoms with E-state index in [0.29, 0.717) is 5.92 Å². The molecule has 2 aromatic heterocycles. The third kappa shape index (κ3) is 2.94. The number of carbonyl (C=O) groups excluding carboxylic acids is 1. The van der Waals surface area contributed by atoms with Gasteiger partial charge in [0.25, 0.3) is 5.91 Å². The Morgan fingerprint density at radius 3 is 2.64 bits per heavy atom. The van der Waals surface area contributed by atoms with Gasteiger partial charge in [0.15, 0.2) is 0 Å². The predicted molar refractivity (Wildman–Crippen MR) is 91.1 cm³/mol. The van der Waals surface area contributed by atoms with E-state index < -0.39 is 0 Å². The van der Waals surface area contributed by atoms with Gasteiger partial charge in [-0.15, -0.1) is 22.7 Å². The number of aromatic nitrogens is 2. The van der Waals surface area contributed by atoms with Crippen molar-refractivity contribution in [3.63, 3.8) is 0 Å². The summed E-state index contributed by atoms with van der Waals surface area (Å²) in [7, 11) is 1.89. The van der Waals surface area contributed by atoms with Crippen LogP contribution >= 0.6 is 22.7 Å². The van der Waals surface area contributed by atoms with E-state index in [1.165, 1.54) is 28.3 Å². The summed E-state index contributed by atoms with van der Waals surface area (Å²) in [5, 5.41) is 2.09. The quantitative estimate of drug-likeness (QED) is 0.859. The zero-order valence-electron chi connectivity index (χ0n) is 13.5. The summed E-state index contributed by atoms with van der Waals surface area (Å²) in [5.74, 6) is 0.458. The Morgan fingerprint density at radius 2 is 1.95 bits per heavy atom. The number of amides is 1. The molecule has 1 atom stereocenters. The van der Waals surface area contributed by atoms with Crippen molar-refractivity contribution >= 4 is 28.6 Å². The minimum absolute atomic E-state index is 0.0853. The van der Waals surface area contributed by atoms with Gasteiger partial charge in [-0.05, 0) is 40.0 Å². The van der Waals surface area contributed by atoms with Crippen LogP contribution in [-0.4, -0.2) is 34.4 Å². The highest BCUT2D eigenvalue weighted by Crippen LogP contribution is 2.35. The summed E-state index contributed by atoms with van der Waals surface area (Å²) < 4.78 is 0. The molecule has 1 aliphatic carbocycles. The van der Waals surface area contributed by atoms with Crippen molar-refractivity contribution in [3.05, 3.63) is 31.2 Å². The highest BCUT2D eigenvalue weighted by molar-refractivity contribution is 7.13. The number of hydrogen-bond acceptors (Lipinski definition) is 5. The third-order valence-corrected chi connectivity index (χ3v) is 6.22. The van der Waals surface area contributed by atoms with Gasteiger partial charge in [0.1, 0.15) is 4.88 Å². The van der Waals surface area contributed by atoms with Gasteiger partial charge >= 0.3 is 0 Å². The highest BCUT2D eigenvalue weighted by Gasteiger charge is 2.27. The lowest BCUT2D eigenvalue weighted by Crippen LogP contribution is -2.32. The minimum Gasteiger partial charge on any atom is -0.340 e. The molecule has 2 heterocycles. The first-order chi connectivity index (χ1) is 10.5. The SMILES string of the molecule is Cc1nc2c(s1)CCCC2CN(C)C(=O)c1sc(C)nc1C. The molecule has 0 N–H and O–H groups in total. The monoisotopic (exact) mass is 335 g/mol. The van der Waals surface area contributed by atoms with Crippen LogP contribution in [0.25, 0.3) is 0 Å². The van der Waals surface area contributed by atoms with Gasteiger partial charge in [-0.2, -0.15) is 0 Å². The van der Waals surface area contributed by atoms with Crippen molar-refractivity contribution < 1.29 is 4.79 Å². The molecule has 0 saturated heterocycles. The van der Waals surface area contributed by atoms with E-state index in [2.05, 4.69) is 11.9 Å². The van der Waals surface area contributed by atoms with Crippen LogP contribution in [0.5, 0.6) is 0 Å². The standard InChI is InChI=1S/C16H21N3OS2/c1-9-15(22-10(2)17-9)16(20)19(4)8-12-6-5-7-13-14(12)18-11(3)21-13/h12H,5-8H2,1-4H3. The zero-order chi connectivity index (χ0) is 15.9. The average Bonchev–Trinajstić information content (AvgIpc) is 3.00. The van der Waals surface area contributed by atoms with Gasteiger partial charge in [0, 0.05) is 24.4 Å². The number of rotatable bonds is 3. The summed E-state index contributed by atoms with van der Waals surface area (Å²) in [4.78, 5) is 25.7. The Labute approximate surface area is 139 Å². The second-order valence-corrected chi connectivity index (χ2v) is 8.45. The number of carbonyl (C=O) groups is 1. The predicted octanol–water partition coefficient (Wildman–Crippen LogP) is 3.72. The van der Waals surface area contributed by atoms with Crippen LogP contribution in [0.2, 0.25) is 0 Å². The van der Waals surface area contributed by atoms with E-state index in [1.807, 2.05) is 37.1 Å². The molecule has 118 valence electrons. The lowest BCUT2D eigenvalue weighted by molar-refractivity contribution is 0.0787. The van der Waals surface area contributed by atoms with E-state index in [-0.39, 0.29) is 5.91 Å². The number of aryl methyl sites for hydroxylation is 4. The third-order valence-electron chi connectivity index (χ3n) is 4.12. The summed E-state index contributed by atoms with van der Waals surface area (Å²) in [6.07, 6.45) is 3.46. The van der Waals surface area contributed by atoms with Gasteiger partial charge in [0.2, 0.25) is 0 Å². The molecule has 0 aromatic carbocycles.